The van der Waals surface area contributed by atoms with Crippen LogP contribution in [0.25, 0.3) is 0 Å². The van der Waals surface area contributed by atoms with Gasteiger partial charge in [-0.3, -0.25) is 9.36 Å². The predicted octanol–water partition coefficient (Wildman–Crippen LogP) is 2.93. The van der Waals surface area contributed by atoms with Gasteiger partial charge in [0.2, 0.25) is 5.91 Å². The predicted molar refractivity (Wildman–Crippen MR) is 109 cm³/mol. The lowest BCUT2D eigenvalue weighted by atomic mass is 10.0. The summed E-state index contributed by atoms with van der Waals surface area (Å²) >= 11 is 3.10. The standard InChI is InChI=1S/C16H28N3O4PS2/c1-3-23-24(22,4-2)26-10-9-17-14(20)8-6-5-7-13-15-12(11-25-13)18-16(21)19-15/h4,12-13,15H,2-3,5-11H2,1H3,(H,17,20)(H2,18,19,21)/t12-,13-,15-,24?/m1/s1. The molecule has 0 saturated carbocycles. The Hall–Kier alpha value is -0.630. The number of thioether (sulfide) groups is 1. The summed E-state index contributed by atoms with van der Waals surface area (Å²) in [6.07, 6.45) is 3.30. The lowest BCUT2D eigenvalue weighted by Gasteiger charge is -2.16. The summed E-state index contributed by atoms with van der Waals surface area (Å²) in [4.78, 5) is 23.2. The molecule has 2 rings (SSSR count). The molecule has 26 heavy (non-hydrogen) atoms. The van der Waals surface area contributed by atoms with Gasteiger partial charge in [-0.1, -0.05) is 24.4 Å². The number of nitrogens with one attached hydrogen (secondary N) is 3. The lowest BCUT2D eigenvalue weighted by Crippen LogP contribution is -2.36. The van der Waals surface area contributed by atoms with Crippen molar-refractivity contribution in [2.75, 3.05) is 24.7 Å². The molecule has 4 atom stereocenters. The molecule has 0 aromatic rings. The van der Waals surface area contributed by atoms with Crippen LogP contribution >= 0.6 is 29.7 Å². The van der Waals surface area contributed by atoms with Crippen molar-refractivity contribution in [2.24, 2.45) is 0 Å². The van der Waals surface area contributed by atoms with E-state index in [2.05, 4.69) is 22.5 Å². The summed E-state index contributed by atoms with van der Waals surface area (Å²) in [6.45, 7) is 3.36. The molecule has 0 radical (unpaired) electrons. The Bertz CT molecular complexity index is 564. The second-order valence-electron chi connectivity index (χ2n) is 6.19. The van der Waals surface area contributed by atoms with E-state index in [0.717, 1.165) is 25.0 Å². The molecule has 10 heteroatoms. The number of amides is 3. The fourth-order valence-corrected chi connectivity index (χ4v) is 7.58. The van der Waals surface area contributed by atoms with Crippen LogP contribution < -0.4 is 16.0 Å². The van der Waals surface area contributed by atoms with Crippen molar-refractivity contribution < 1.29 is 18.7 Å². The minimum Gasteiger partial charge on any atom is -0.355 e. The minimum atomic E-state index is -2.82. The number of hydrogen-bond acceptors (Lipinski definition) is 6. The maximum absolute atomic E-state index is 12.1. The second-order valence-corrected chi connectivity index (χ2v) is 12.1. The van der Waals surface area contributed by atoms with Crippen LogP contribution in [0.5, 0.6) is 0 Å². The first kappa shape index (κ1) is 21.7. The van der Waals surface area contributed by atoms with E-state index in [1.807, 2.05) is 11.8 Å². The molecule has 2 saturated heterocycles. The molecule has 0 spiro atoms. The molecule has 2 aliphatic heterocycles. The van der Waals surface area contributed by atoms with Gasteiger partial charge in [0.1, 0.15) is 0 Å². The van der Waals surface area contributed by atoms with Crippen LogP contribution in [0.4, 0.5) is 4.79 Å². The number of hydrogen-bond donors (Lipinski definition) is 3. The zero-order chi connectivity index (χ0) is 19.0. The SMILES string of the molecule is C=CP(=O)(OCC)SCCNC(=O)CCCC[C@H]1SC[C@H]2NC(=O)N[C@H]21. The Morgan fingerprint density at radius 1 is 1.50 bits per heavy atom. The third kappa shape index (κ3) is 6.51. The van der Waals surface area contributed by atoms with Crippen LogP contribution in [0.1, 0.15) is 32.6 Å². The van der Waals surface area contributed by atoms with Crippen LogP contribution in [0.3, 0.4) is 0 Å². The second kappa shape index (κ2) is 10.6. The van der Waals surface area contributed by atoms with Gasteiger partial charge in [0.15, 0.2) is 0 Å². The number of carbonyl (C=O) groups excluding carboxylic acids is 2. The molecule has 148 valence electrons. The van der Waals surface area contributed by atoms with Crippen LogP contribution in [0.2, 0.25) is 0 Å². The summed E-state index contributed by atoms with van der Waals surface area (Å²) in [5.74, 6) is 2.87. The van der Waals surface area contributed by atoms with Gasteiger partial charge in [0, 0.05) is 35.5 Å². The van der Waals surface area contributed by atoms with Crippen molar-refractivity contribution in [2.45, 2.75) is 49.9 Å². The molecule has 0 aliphatic carbocycles. The first-order chi connectivity index (χ1) is 12.5. The lowest BCUT2D eigenvalue weighted by molar-refractivity contribution is -0.121. The van der Waals surface area contributed by atoms with E-state index in [0.29, 0.717) is 30.6 Å². The van der Waals surface area contributed by atoms with Gasteiger partial charge < -0.3 is 20.5 Å². The van der Waals surface area contributed by atoms with Crippen LogP contribution in [0.15, 0.2) is 12.4 Å². The number of urea groups is 1. The van der Waals surface area contributed by atoms with Crippen molar-refractivity contribution >= 4 is 41.7 Å². The highest BCUT2D eigenvalue weighted by Gasteiger charge is 2.42. The summed E-state index contributed by atoms with van der Waals surface area (Å²) in [5, 5.41) is 9.20. The monoisotopic (exact) mass is 421 g/mol. The van der Waals surface area contributed by atoms with E-state index >= 15 is 0 Å². The molecule has 2 heterocycles. The minimum absolute atomic E-state index is 0.0169. The van der Waals surface area contributed by atoms with Gasteiger partial charge in [0.05, 0.1) is 18.7 Å². The quantitative estimate of drug-likeness (QED) is 0.255. The highest BCUT2D eigenvalue weighted by Crippen LogP contribution is 2.60. The molecular weight excluding hydrogens is 393 g/mol. The number of fused-ring (bicyclic) bond motifs is 1. The van der Waals surface area contributed by atoms with Crippen molar-refractivity contribution in [1.29, 1.82) is 0 Å². The van der Waals surface area contributed by atoms with Crippen molar-refractivity contribution in [1.82, 2.24) is 16.0 Å². The first-order valence-corrected chi connectivity index (χ1v) is 13.3. The largest absolute Gasteiger partial charge is 0.355 e. The van der Waals surface area contributed by atoms with E-state index in [4.69, 9.17) is 4.52 Å². The molecule has 0 bridgehead atoms. The average molecular weight is 422 g/mol. The normalized spacial score (nSPS) is 26.5. The Morgan fingerprint density at radius 2 is 2.31 bits per heavy atom. The van der Waals surface area contributed by atoms with Gasteiger partial charge in [-0.15, -0.1) is 0 Å². The smallest absolute Gasteiger partial charge is 0.315 e. The third-order valence-corrected chi connectivity index (χ3v) is 10.0. The van der Waals surface area contributed by atoms with Crippen molar-refractivity contribution in [3.8, 4) is 0 Å². The molecule has 7 nitrogen and oxygen atoms in total. The van der Waals surface area contributed by atoms with Gasteiger partial charge in [0.25, 0.3) is 6.57 Å². The fourth-order valence-electron chi connectivity index (χ4n) is 3.05. The highest BCUT2D eigenvalue weighted by atomic mass is 32.7. The van der Waals surface area contributed by atoms with E-state index in [1.54, 1.807) is 6.92 Å². The van der Waals surface area contributed by atoms with Crippen LogP contribution in [-0.4, -0.2) is 53.9 Å². The molecule has 3 N–H and O–H groups in total. The van der Waals surface area contributed by atoms with E-state index < -0.39 is 6.57 Å². The molecule has 3 amide bonds. The molecule has 0 aromatic carbocycles. The van der Waals surface area contributed by atoms with E-state index in [1.165, 1.54) is 17.2 Å². The number of rotatable bonds is 12. The first-order valence-electron chi connectivity index (χ1n) is 8.95. The van der Waals surface area contributed by atoms with Gasteiger partial charge in [-0.2, -0.15) is 11.8 Å². The van der Waals surface area contributed by atoms with E-state index in [9.17, 15) is 14.2 Å². The summed E-state index contributed by atoms with van der Waals surface area (Å²) in [5.41, 5.74) is 0. The number of carbonyl (C=O) groups is 2. The number of unbranched alkanes of at least 4 members (excludes halogenated alkanes) is 1. The molecule has 2 aliphatic rings. The third-order valence-electron chi connectivity index (χ3n) is 4.31. The van der Waals surface area contributed by atoms with Gasteiger partial charge >= 0.3 is 6.03 Å². The van der Waals surface area contributed by atoms with Crippen LogP contribution in [0, 0.1) is 0 Å². The Labute approximate surface area is 163 Å². The zero-order valence-electron chi connectivity index (χ0n) is 15.1. The maximum Gasteiger partial charge on any atom is 0.315 e. The van der Waals surface area contributed by atoms with Crippen molar-refractivity contribution in [3.05, 3.63) is 12.4 Å². The zero-order valence-corrected chi connectivity index (χ0v) is 17.6. The average Bonchev–Trinajstić information content (AvgIpc) is 3.15. The maximum atomic E-state index is 12.1. The molecule has 2 fully saturated rings. The molecule has 0 aromatic heterocycles. The Balaban J connectivity index is 1.52. The Morgan fingerprint density at radius 3 is 3.04 bits per heavy atom. The van der Waals surface area contributed by atoms with Crippen LogP contribution in [-0.2, 0) is 13.9 Å². The summed E-state index contributed by atoms with van der Waals surface area (Å²) in [6, 6.07) is 0.415. The van der Waals surface area contributed by atoms with Gasteiger partial charge in [-0.05, 0) is 19.8 Å². The fraction of sp³-hybridized carbons (Fsp3) is 0.750. The van der Waals surface area contributed by atoms with Crippen molar-refractivity contribution in [3.63, 3.8) is 0 Å². The molecular formula is C16H28N3O4PS2. The summed E-state index contributed by atoms with van der Waals surface area (Å²) < 4.78 is 17.3. The molecule has 1 unspecified atom stereocenters. The Kier molecular flexibility index (Phi) is 8.87. The topological polar surface area (TPSA) is 96.5 Å². The highest BCUT2D eigenvalue weighted by molar-refractivity contribution is 8.57. The van der Waals surface area contributed by atoms with Gasteiger partial charge in [-0.25, -0.2) is 4.79 Å². The summed E-state index contributed by atoms with van der Waals surface area (Å²) in [7, 11) is 0. The van der Waals surface area contributed by atoms with E-state index in [-0.39, 0.29) is 24.0 Å².